The van der Waals surface area contributed by atoms with E-state index in [0.29, 0.717) is 23.6 Å². The lowest BCUT2D eigenvalue weighted by atomic mass is 10.1. The fourth-order valence-corrected chi connectivity index (χ4v) is 2.59. The molecular weight excluding hydrogens is 321 g/mol. The van der Waals surface area contributed by atoms with Crippen molar-refractivity contribution in [1.29, 1.82) is 0 Å². The number of carbonyl (C=O) groups excluding carboxylic acids is 2. The highest BCUT2D eigenvalue weighted by molar-refractivity contribution is 7.12. The summed E-state index contributed by atoms with van der Waals surface area (Å²) in [5.74, 6) is -0.750. The first-order chi connectivity index (χ1) is 11.1. The number of thiophene rings is 1. The molecule has 0 radical (unpaired) electrons. The summed E-state index contributed by atoms with van der Waals surface area (Å²) < 4.78 is 22.7. The number of ether oxygens (including phenoxy) is 2. The van der Waals surface area contributed by atoms with Gasteiger partial charge in [-0.05, 0) is 35.6 Å². The van der Waals surface area contributed by atoms with Gasteiger partial charge in [0.25, 0.3) is 5.91 Å². The molecule has 0 unspecified atom stereocenters. The van der Waals surface area contributed by atoms with E-state index >= 15 is 0 Å². The molecule has 1 heterocycles. The maximum absolute atomic E-state index is 12.8. The minimum Gasteiger partial charge on any atom is -0.482 e. The van der Waals surface area contributed by atoms with E-state index in [1.807, 2.05) is 0 Å². The molecule has 1 aromatic heterocycles. The van der Waals surface area contributed by atoms with Crippen molar-refractivity contribution in [3.05, 3.63) is 52.0 Å². The van der Waals surface area contributed by atoms with Crippen molar-refractivity contribution in [1.82, 2.24) is 5.32 Å². The van der Waals surface area contributed by atoms with Crippen LogP contribution in [-0.4, -0.2) is 32.1 Å². The van der Waals surface area contributed by atoms with Crippen molar-refractivity contribution in [2.45, 2.75) is 6.42 Å². The molecule has 5 nitrogen and oxygen atoms in total. The second-order valence-electron chi connectivity index (χ2n) is 4.62. The molecule has 0 aliphatic rings. The van der Waals surface area contributed by atoms with Crippen LogP contribution in [0.2, 0.25) is 0 Å². The quantitative estimate of drug-likeness (QED) is 0.788. The molecule has 0 saturated heterocycles. The van der Waals surface area contributed by atoms with Crippen LogP contribution in [0.3, 0.4) is 0 Å². The Hall–Kier alpha value is -2.41. The van der Waals surface area contributed by atoms with Gasteiger partial charge >= 0.3 is 5.97 Å². The van der Waals surface area contributed by atoms with Gasteiger partial charge in [0, 0.05) is 6.54 Å². The average molecular weight is 337 g/mol. The molecule has 1 aromatic carbocycles. The summed E-state index contributed by atoms with van der Waals surface area (Å²) in [5, 5.41) is 4.39. The second kappa shape index (κ2) is 8.28. The second-order valence-corrected chi connectivity index (χ2v) is 5.54. The Kier molecular flexibility index (Phi) is 6.10. The average Bonchev–Trinajstić information content (AvgIpc) is 3.02. The lowest BCUT2D eigenvalue weighted by Crippen LogP contribution is -2.30. The smallest absolute Gasteiger partial charge is 0.351 e. The maximum Gasteiger partial charge on any atom is 0.351 e. The standard InChI is InChI=1S/C16H16FNO4S/c1-21-16(20)15-13(7-9-23-15)22-10-14(19)18-8-6-11-2-4-12(17)5-3-11/h2-5,7,9H,6,8,10H2,1H3,(H,18,19). The number of esters is 1. The van der Waals surface area contributed by atoms with E-state index in [0.717, 1.165) is 5.56 Å². The highest BCUT2D eigenvalue weighted by Crippen LogP contribution is 2.25. The van der Waals surface area contributed by atoms with Gasteiger partial charge in [0.15, 0.2) is 11.5 Å². The number of halogens is 1. The number of carbonyl (C=O) groups is 2. The first kappa shape index (κ1) is 17.0. The highest BCUT2D eigenvalue weighted by atomic mass is 32.1. The molecule has 1 amide bonds. The van der Waals surface area contributed by atoms with E-state index in [2.05, 4.69) is 10.1 Å². The van der Waals surface area contributed by atoms with Crippen LogP contribution < -0.4 is 10.1 Å². The fourth-order valence-electron chi connectivity index (χ4n) is 1.84. The number of hydrogen-bond acceptors (Lipinski definition) is 5. The van der Waals surface area contributed by atoms with Crippen LogP contribution in [0.4, 0.5) is 4.39 Å². The van der Waals surface area contributed by atoms with Gasteiger partial charge in [0.1, 0.15) is 11.6 Å². The summed E-state index contributed by atoms with van der Waals surface area (Å²) in [6, 6.07) is 7.72. The first-order valence-electron chi connectivity index (χ1n) is 6.90. The van der Waals surface area contributed by atoms with Crippen molar-refractivity contribution in [3.63, 3.8) is 0 Å². The van der Waals surface area contributed by atoms with Crippen molar-refractivity contribution in [2.75, 3.05) is 20.3 Å². The number of rotatable bonds is 7. The minimum atomic E-state index is -0.494. The van der Waals surface area contributed by atoms with Crippen LogP contribution in [0, 0.1) is 5.82 Å². The van der Waals surface area contributed by atoms with Gasteiger partial charge in [-0.3, -0.25) is 4.79 Å². The number of amides is 1. The Labute approximate surface area is 137 Å². The van der Waals surface area contributed by atoms with Gasteiger partial charge in [-0.1, -0.05) is 12.1 Å². The van der Waals surface area contributed by atoms with Crippen LogP contribution >= 0.6 is 11.3 Å². The Morgan fingerprint density at radius 2 is 1.96 bits per heavy atom. The van der Waals surface area contributed by atoms with E-state index in [9.17, 15) is 14.0 Å². The number of benzene rings is 1. The number of hydrogen-bond donors (Lipinski definition) is 1. The third kappa shape index (κ3) is 5.07. The minimum absolute atomic E-state index is 0.190. The zero-order valence-corrected chi connectivity index (χ0v) is 13.3. The first-order valence-corrected chi connectivity index (χ1v) is 7.78. The molecule has 0 aliphatic carbocycles. The van der Waals surface area contributed by atoms with Crippen LogP contribution in [-0.2, 0) is 16.0 Å². The molecule has 0 spiro atoms. The van der Waals surface area contributed by atoms with Gasteiger partial charge in [0.2, 0.25) is 0 Å². The predicted octanol–water partition coefficient (Wildman–Crippen LogP) is 2.41. The van der Waals surface area contributed by atoms with Gasteiger partial charge in [0.05, 0.1) is 7.11 Å². The third-order valence-electron chi connectivity index (χ3n) is 3.01. The number of nitrogens with one attached hydrogen (secondary N) is 1. The summed E-state index contributed by atoms with van der Waals surface area (Å²) in [7, 11) is 1.29. The van der Waals surface area contributed by atoms with Crippen LogP contribution in [0.5, 0.6) is 5.75 Å². The topological polar surface area (TPSA) is 64.6 Å². The molecule has 2 rings (SSSR count). The van der Waals surface area contributed by atoms with Crippen LogP contribution in [0.1, 0.15) is 15.2 Å². The van der Waals surface area contributed by atoms with Crippen LogP contribution in [0.25, 0.3) is 0 Å². The zero-order chi connectivity index (χ0) is 16.7. The Balaban J connectivity index is 1.74. The molecule has 23 heavy (non-hydrogen) atoms. The fraction of sp³-hybridized carbons (Fsp3) is 0.250. The van der Waals surface area contributed by atoms with E-state index in [-0.39, 0.29) is 18.3 Å². The molecule has 0 fully saturated rings. The molecule has 7 heteroatoms. The van der Waals surface area contributed by atoms with Gasteiger partial charge in [-0.2, -0.15) is 0 Å². The maximum atomic E-state index is 12.8. The molecule has 0 saturated carbocycles. The summed E-state index contributed by atoms with van der Waals surface area (Å²) >= 11 is 1.19. The van der Waals surface area contributed by atoms with Crippen molar-refractivity contribution in [2.24, 2.45) is 0 Å². The SMILES string of the molecule is COC(=O)c1sccc1OCC(=O)NCCc1ccc(F)cc1. The highest BCUT2D eigenvalue weighted by Gasteiger charge is 2.15. The Bertz CT molecular complexity index is 669. The molecule has 0 atom stereocenters. The van der Waals surface area contributed by atoms with Gasteiger partial charge < -0.3 is 14.8 Å². The monoisotopic (exact) mass is 337 g/mol. The lowest BCUT2D eigenvalue weighted by Gasteiger charge is -2.08. The van der Waals surface area contributed by atoms with Crippen molar-refractivity contribution < 1.29 is 23.5 Å². The van der Waals surface area contributed by atoms with E-state index < -0.39 is 5.97 Å². The summed E-state index contributed by atoms with van der Waals surface area (Å²) in [6.45, 7) is 0.228. The Morgan fingerprint density at radius 1 is 1.22 bits per heavy atom. The molecule has 2 aromatic rings. The van der Waals surface area contributed by atoms with Gasteiger partial charge in [-0.25, -0.2) is 9.18 Å². The van der Waals surface area contributed by atoms with Crippen molar-refractivity contribution in [3.8, 4) is 5.75 Å². The van der Waals surface area contributed by atoms with Crippen LogP contribution in [0.15, 0.2) is 35.7 Å². The predicted molar refractivity (Wildman–Crippen MR) is 84.3 cm³/mol. The zero-order valence-electron chi connectivity index (χ0n) is 12.5. The number of methoxy groups -OCH3 is 1. The molecule has 122 valence electrons. The third-order valence-corrected chi connectivity index (χ3v) is 3.88. The summed E-state index contributed by atoms with van der Waals surface area (Å²) in [5.41, 5.74) is 0.929. The van der Waals surface area contributed by atoms with Gasteiger partial charge in [-0.15, -0.1) is 11.3 Å². The molecule has 1 N–H and O–H groups in total. The largest absolute Gasteiger partial charge is 0.482 e. The Morgan fingerprint density at radius 3 is 2.65 bits per heavy atom. The summed E-state index contributed by atoms with van der Waals surface area (Å²) in [4.78, 5) is 23.5. The van der Waals surface area contributed by atoms with E-state index in [4.69, 9.17) is 4.74 Å². The molecular formula is C16H16FNO4S. The lowest BCUT2D eigenvalue weighted by molar-refractivity contribution is -0.123. The van der Waals surface area contributed by atoms with Crippen molar-refractivity contribution >= 4 is 23.2 Å². The molecule has 0 bridgehead atoms. The van der Waals surface area contributed by atoms with E-state index in [1.54, 1.807) is 23.6 Å². The normalized spacial score (nSPS) is 10.2. The molecule has 0 aliphatic heterocycles. The van der Waals surface area contributed by atoms with E-state index in [1.165, 1.54) is 30.6 Å². The summed E-state index contributed by atoms with van der Waals surface area (Å²) in [6.07, 6.45) is 0.595.